The van der Waals surface area contributed by atoms with E-state index in [1.54, 1.807) is 7.11 Å². The molecule has 0 saturated heterocycles. The summed E-state index contributed by atoms with van der Waals surface area (Å²) in [6.07, 6.45) is 5.08. The van der Waals surface area contributed by atoms with Gasteiger partial charge in [0, 0.05) is 6.04 Å². The summed E-state index contributed by atoms with van der Waals surface area (Å²) >= 11 is 0. The second-order valence-electron chi connectivity index (χ2n) is 5.47. The van der Waals surface area contributed by atoms with E-state index in [0.717, 1.165) is 17.5 Å². The number of hydrogen-bond donors (Lipinski definition) is 1. The number of nitrogens with zero attached hydrogens (tertiary/aromatic N) is 1. The van der Waals surface area contributed by atoms with Crippen molar-refractivity contribution in [2.75, 3.05) is 26.9 Å². The van der Waals surface area contributed by atoms with Gasteiger partial charge in [0.1, 0.15) is 5.75 Å². The molecule has 1 aromatic carbocycles. The standard InChI is InChI=1S/C15H24N2O/c1-17(2)13-7-4-11(5-8-13)12-6-9-14(16)15(10-12)18-3/h6,9-11,13H,4-5,7-8,16H2,1-3H3. The van der Waals surface area contributed by atoms with Gasteiger partial charge in [-0.1, -0.05) is 6.07 Å². The van der Waals surface area contributed by atoms with E-state index in [4.69, 9.17) is 10.5 Å². The minimum Gasteiger partial charge on any atom is -0.495 e. The van der Waals surface area contributed by atoms with Crippen LogP contribution in [0.1, 0.15) is 37.2 Å². The lowest BCUT2D eigenvalue weighted by Crippen LogP contribution is -2.31. The molecule has 1 aromatic rings. The molecule has 0 unspecified atom stereocenters. The molecular formula is C15H24N2O. The van der Waals surface area contributed by atoms with Gasteiger partial charge in [0.05, 0.1) is 12.8 Å². The summed E-state index contributed by atoms with van der Waals surface area (Å²) < 4.78 is 5.30. The average Bonchev–Trinajstić information content (AvgIpc) is 2.39. The highest BCUT2D eigenvalue weighted by molar-refractivity contribution is 5.54. The van der Waals surface area contributed by atoms with Crippen molar-refractivity contribution in [1.29, 1.82) is 0 Å². The summed E-state index contributed by atoms with van der Waals surface area (Å²) in [7, 11) is 6.03. The lowest BCUT2D eigenvalue weighted by molar-refractivity contribution is 0.216. The van der Waals surface area contributed by atoms with E-state index >= 15 is 0 Å². The molecule has 100 valence electrons. The van der Waals surface area contributed by atoms with Gasteiger partial charge in [-0.05, 0) is 63.4 Å². The first-order chi connectivity index (χ1) is 8.61. The van der Waals surface area contributed by atoms with Gasteiger partial charge in [-0.25, -0.2) is 0 Å². The second-order valence-corrected chi connectivity index (χ2v) is 5.47. The molecule has 0 aliphatic heterocycles. The number of nitrogens with two attached hydrogens (primary N) is 1. The van der Waals surface area contributed by atoms with E-state index in [1.807, 2.05) is 6.07 Å². The summed E-state index contributed by atoms with van der Waals surface area (Å²) in [6.45, 7) is 0. The van der Waals surface area contributed by atoms with Crippen molar-refractivity contribution in [3.05, 3.63) is 23.8 Å². The Labute approximate surface area is 110 Å². The van der Waals surface area contributed by atoms with Crippen LogP contribution in [0.4, 0.5) is 5.69 Å². The molecule has 0 bridgehead atoms. The highest BCUT2D eigenvalue weighted by Gasteiger charge is 2.23. The zero-order valence-electron chi connectivity index (χ0n) is 11.6. The van der Waals surface area contributed by atoms with Gasteiger partial charge >= 0.3 is 0 Å². The third kappa shape index (κ3) is 2.78. The Morgan fingerprint density at radius 1 is 1.17 bits per heavy atom. The van der Waals surface area contributed by atoms with Gasteiger partial charge in [-0.3, -0.25) is 0 Å². The highest BCUT2D eigenvalue weighted by atomic mass is 16.5. The van der Waals surface area contributed by atoms with Crippen LogP contribution in [0, 0.1) is 0 Å². The summed E-state index contributed by atoms with van der Waals surface area (Å²) in [5.74, 6) is 1.47. The van der Waals surface area contributed by atoms with Crippen molar-refractivity contribution in [3.8, 4) is 5.75 Å². The fourth-order valence-corrected chi connectivity index (χ4v) is 2.91. The number of hydrogen-bond acceptors (Lipinski definition) is 3. The summed E-state index contributed by atoms with van der Waals surface area (Å²) in [6, 6.07) is 6.97. The zero-order chi connectivity index (χ0) is 13.1. The maximum atomic E-state index is 5.86. The highest BCUT2D eigenvalue weighted by Crippen LogP contribution is 2.36. The van der Waals surface area contributed by atoms with Crippen LogP contribution < -0.4 is 10.5 Å². The number of benzene rings is 1. The number of rotatable bonds is 3. The molecule has 1 fully saturated rings. The zero-order valence-corrected chi connectivity index (χ0v) is 11.6. The number of anilines is 1. The first kappa shape index (κ1) is 13.2. The smallest absolute Gasteiger partial charge is 0.142 e. The summed E-state index contributed by atoms with van der Waals surface area (Å²) in [5, 5.41) is 0. The minimum atomic E-state index is 0.663. The monoisotopic (exact) mass is 248 g/mol. The minimum absolute atomic E-state index is 0.663. The normalized spacial score (nSPS) is 24.2. The molecule has 3 heteroatoms. The molecule has 0 spiro atoms. The molecule has 0 radical (unpaired) electrons. The van der Waals surface area contributed by atoms with Crippen molar-refractivity contribution in [3.63, 3.8) is 0 Å². The molecule has 1 saturated carbocycles. The predicted octanol–water partition coefficient (Wildman–Crippen LogP) is 2.87. The lowest BCUT2D eigenvalue weighted by atomic mass is 9.81. The lowest BCUT2D eigenvalue weighted by Gasteiger charge is -2.33. The van der Waals surface area contributed by atoms with E-state index in [2.05, 4.69) is 31.1 Å². The predicted molar refractivity (Wildman–Crippen MR) is 76.1 cm³/mol. The molecule has 0 heterocycles. The molecule has 2 rings (SSSR count). The topological polar surface area (TPSA) is 38.5 Å². The first-order valence-electron chi connectivity index (χ1n) is 6.71. The Kier molecular flexibility index (Phi) is 4.12. The Hall–Kier alpha value is -1.22. The van der Waals surface area contributed by atoms with Crippen LogP contribution in [0.2, 0.25) is 0 Å². The quantitative estimate of drug-likeness (QED) is 0.836. The fourth-order valence-electron chi connectivity index (χ4n) is 2.91. The molecule has 2 N–H and O–H groups in total. The van der Waals surface area contributed by atoms with Crippen LogP contribution in [0.5, 0.6) is 5.75 Å². The first-order valence-corrected chi connectivity index (χ1v) is 6.71. The van der Waals surface area contributed by atoms with E-state index in [0.29, 0.717) is 5.92 Å². The van der Waals surface area contributed by atoms with Gasteiger partial charge in [0.2, 0.25) is 0 Å². The van der Waals surface area contributed by atoms with Crippen molar-refractivity contribution in [2.24, 2.45) is 0 Å². The SMILES string of the molecule is COc1cc(C2CCC(N(C)C)CC2)ccc1N. The van der Waals surface area contributed by atoms with Crippen LogP contribution in [0.15, 0.2) is 18.2 Å². The molecule has 18 heavy (non-hydrogen) atoms. The number of nitrogen functional groups attached to an aromatic ring is 1. The van der Waals surface area contributed by atoms with E-state index < -0.39 is 0 Å². The largest absolute Gasteiger partial charge is 0.495 e. The molecule has 0 amide bonds. The molecule has 1 aliphatic carbocycles. The molecular weight excluding hydrogens is 224 g/mol. The third-order valence-electron chi connectivity index (χ3n) is 4.16. The maximum absolute atomic E-state index is 5.86. The Bertz CT molecular complexity index is 395. The average molecular weight is 248 g/mol. The van der Waals surface area contributed by atoms with Crippen LogP contribution in [0.25, 0.3) is 0 Å². The van der Waals surface area contributed by atoms with Crippen LogP contribution in [-0.2, 0) is 0 Å². The molecule has 0 atom stereocenters. The fraction of sp³-hybridized carbons (Fsp3) is 0.600. The van der Waals surface area contributed by atoms with Crippen molar-refractivity contribution >= 4 is 5.69 Å². The second kappa shape index (κ2) is 5.61. The Balaban J connectivity index is 2.05. The van der Waals surface area contributed by atoms with Gasteiger partial charge in [-0.2, -0.15) is 0 Å². The summed E-state index contributed by atoms with van der Waals surface area (Å²) in [4.78, 5) is 2.35. The van der Waals surface area contributed by atoms with Gasteiger partial charge < -0.3 is 15.4 Å². The van der Waals surface area contributed by atoms with E-state index in [9.17, 15) is 0 Å². The van der Waals surface area contributed by atoms with E-state index in [-0.39, 0.29) is 0 Å². The van der Waals surface area contributed by atoms with Gasteiger partial charge in [0.25, 0.3) is 0 Å². The third-order valence-corrected chi connectivity index (χ3v) is 4.16. The number of ether oxygens (including phenoxy) is 1. The van der Waals surface area contributed by atoms with Crippen molar-refractivity contribution in [2.45, 2.75) is 37.6 Å². The van der Waals surface area contributed by atoms with Crippen LogP contribution in [0.3, 0.4) is 0 Å². The maximum Gasteiger partial charge on any atom is 0.142 e. The molecule has 0 aromatic heterocycles. The van der Waals surface area contributed by atoms with Crippen molar-refractivity contribution in [1.82, 2.24) is 4.90 Å². The molecule has 1 aliphatic rings. The van der Waals surface area contributed by atoms with Crippen LogP contribution in [-0.4, -0.2) is 32.1 Å². The molecule has 3 nitrogen and oxygen atoms in total. The van der Waals surface area contributed by atoms with Crippen LogP contribution >= 0.6 is 0 Å². The Morgan fingerprint density at radius 2 is 1.83 bits per heavy atom. The van der Waals surface area contributed by atoms with Gasteiger partial charge in [0.15, 0.2) is 0 Å². The van der Waals surface area contributed by atoms with Gasteiger partial charge in [-0.15, -0.1) is 0 Å². The van der Waals surface area contributed by atoms with E-state index in [1.165, 1.54) is 31.2 Å². The number of methoxy groups -OCH3 is 1. The van der Waals surface area contributed by atoms with Crippen molar-refractivity contribution < 1.29 is 4.74 Å². The Morgan fingerprint density at radius 3 is 2.39 bits per heavy atom. The summed E-state index contributed by atoms with van der Waals surface area (Å²) in [5.41, 5.74) is 7.96.